The maximum absolute atomic E-state index is 11.4. The third kappa shape index (κ3) is 4.07. The Labute approximate surface area is 137 Å². The van der Waals surface area contributed by atoms with Crippen molar-refractivity contribution in [3.05, 3.63) is 63.7 Å². The van der Waals surface area contributed by atoms with Crippen molar-refractivity contribution in [2.75, 3.05) is 5.32 Å². The second-order valence-corrected chi connectivity index (χ2v) is 4.95. The van der Waals surface area contributed by atoms with Crippen LogP contribution in [0.3, 0.4) is 0 Å². The normalized spacial score (nSPS) is 10.0. The van der Waals surface area contributed by atoms with Crippen LogP contribution in [-0.4, -0.2) is 16.7 Å². The highest BCUT2D eigenvalue weighted by atomic mass is 16.6. The van der Waals surface area contributed by atoms with Gasteiger partial charge in [0.25, 0.3) is 5.69 Å². The summed E-state index contributed by atoms with van der Waals surface area (Å²) in [6.07, 6.45) is 0. The smallest absolute Gasteiger partial charge is 0.297 e. The number of nitrogens with two attached hydrogens (primary N) is 1. The first-order valence-electron chi connectivity index (χ1n) is 6.95. The number of hydrogen-bond donors (Lipinski definition) is 2. The number of rotatable bonds is 6. The predicted octanol–water partition coefficient (Wildman–Crippen LogP) is 2.23. The monoisotopic (exact) mass is 329 g/mol. The molecule has 0 aromatic heterocycles. The zero-order valence-corrected chi connectivity index (χ0v) is 12.8. The maximum Gasteiger partial charge on any atom is 0.297 e. The van der Waals surface area contributed by atoms with Crippen LogP contribution in [0.5, 0.6) is 5.75 Å². The van der Waals surface area contributed by atoms with Crippen molar-refractivity contribution in [3.8, 4) is 5.75 Å². The Hall–Kier alpha value is -3.42. The summed E-state index contributed by atoms with van der Waals surface area (Å²) in [4.78, 5) is 33.3. The SMILES string of the molecule is CC(=O)Nc1c(OCc2ccccc2)cc(C(N)=O)cc1[N+](=O)[O-]. The summed E-state index contributed by atoms with van der Waals surface area (Å²) in [6, 6.07) is 11.4. The molecule has 0 saturated heterocycles. The average molecular weight is 329 g/mol. The fourth-order valence-corrected chi connectivity index (χ4v) is 2.04. The number of primary amides is 1. The molecule has 0 aliphatic rings. The van der Waals surface area contributed by atoms with Crippen LogP contribution in [-0.2, 0) is 11.4 Å². The summed E-state index contributed by atoms with van der Waals surface area (Å²) in [5.74, 6) is -1.34. The molecule has 8 nitrogen and oxygen atoms in total. The molecule has 24 heavy (non-hydrogen) atoms. The van der Waals surface area contributed by atoms with Gasteiger partial charge in [0.1, 0.15) is 6.61 Å². The maximum atomic E-state index is 11.4. The summed E-state index contributed by atoms with van der Waals surface area (Å²) in [6.45, 7) is 1.32. The Morgan fingerprint density at radius 3 is 2.46 bits per heavy atom. The van der Waals surface area contributed by atoms with E-state index in [9.17, 15) is 19.7 Å². The van der Waals surface area contributed by atoms with Crippen LogP contribution in [0.15, 0.2) is 42.5 Å². The number of hydrogen-bond acceptors (Lipinski definition) is 5. The number of anilines is 1. The van der Waals surface area contributed by atoms with Crippen LogP contribution in [0.2, 0.25) is 0 Å². The molecule has 2 amide bonds. The molecule has 124 valence electrons. The van der Waals surface area contributed by atoms with Gasteiger partial charge in [-0.15, -0.1) is 0 Å². The lowest BCUT2D eigenvalue weighted by molar-refractivity contribution is -0.384. The van der Waals surface area contributed by atoms with Crippen molar-refractivity contribution in [1.82, 2.24) is 0 Å². The van der Waals surface area contributed by atoms with Crippen LogP contribution in [0.4, 0.5) is 11.4 Å². The van der Waals surface area contributed by atoms with Crippen molar-refractivity contribution < 1.29 is 19.2 Å². The Kier molecular flexibility index (Phi) is 5.10. The molecule has 0 bridgehead atoms. The van der Waals surface area contributed by atoms with Crippen molar-refractivity contribution in [3.63, 3.8) is 0 Å². The van der Waals surface area contributed by atoms with Gasteiger partial charge in [-0.3, -0.25) is 19.7 Å². The van der Waals surface area contributed by atoms with Gasteiger partial charge in [0.15, 0.2) is 11.4 Å². The molecule has 2 aromatic carbocycles. The lowest BCUT2D eigenvalue weighted by Gasteiger charge is -2.13. The Morgan fingerprint density at radius 1 is 1.25 bits per heavy atom. The van der Waals surface area contributed by atoms with E-state index >= 15 is 0 Å². The first-order chi connectivity index (χ1) is 11.4. The van der Waals surface area contributed by atoms with Gasteiger partial charge in [-0.25, -0.2) is 0 Å². The number of nitrogens with one attached hydrogen (secondary N) is 1. The van der Waals surface area contributed by atoms with E-state index in [1.807, 2.05) is 30.3 Å². The minimum Gasteiger partial charge on any atom is -0.486 e. The molecule has 0 spiro atoms. The van der Waals surface area contributed by atoms with Crippen LogP contribution < -0.4 is 15.8 Å². The Bertz CT molecular complexity index is 790. The number of amides is 2. The van der Waals surface area contributed by atoms with E-state index in [2.05, 4.69) is 5.32 Å². The minimum absolute atomic E-state index is 0.00273. The fraction of sp³-hybridized carbons (Fsp3) is 0.125. The lowest BCUT2D eigenvalue weighted by Crippen LogP contribution is -2.15. The summed E-state index contributed by atoms with van der Waals surface area (Å²) < 4.78 is 5.58. The van der Waals surface area contributed by atoms with E-state index in [1.165, 1.54) is 13.0 Å². The molecule has 8 heteroatoms. The van der Waals surface area contributed by atoms with E-state index in [0.29, 0.717) is 0 Å². The van der Waals surface area contributed by atoms with Crippen molar-refractivity contribution in [2.45, 2.75) is 13.5 Å². The molecule has 0 atom stereocenters. The average Bonchev–Trinajstić information content (AvgIpc) is 2.53. The molecule has 0 fully saturated rings. The largest absolute Gasteiger partial charge is 0.486 e. The second kappa shape index (κ2) is 7.23. The van der Waals surface area contributed by atoms with Crippen LogP contribution in [0, 0.1) is 10.1 Å². The van der Waals surface area contributed by atoms with Gasteiger partial charge >= 0.3 is 0 Å². The number of carbonyl (C=O) groups excluding carboxylic acids is 2. The first kappa shape index (κ1) is 16.9. The highest BCUT2D eigenvalue weighted by Crippen LogP contribution is 2.36. The zero-order valence-electron chi connectivity index (χ0n) is 12.8. The summed E-state index contributed by atoms with van der Waals surface area (Å²) in [5, 5.41) is 13.6. The standard InChI is InChI=1S/C16H15N3O5/c1-10(20)18-15-13(19(22)23)7-12(16(17)21)8-14(15)24-9-11-5-3-2-4-6-11/h2-8H,9H2,1H3,(H2,17,21)(H,18,20). The van der Waals surface area contributed by atoms with Gasteiger partial charge in [0.05, 0.1) is 4.92 Å². The van der Waals surface area contributed by atoms with Crippen LogP contribution in [0.25, 0.3) is 0 Å². The van der Waals surface area contributed by atoms with Gasteiger partial charge in [-0.1, -0.05) is 30.3 Å². The number of nitro benzene ring substituents is 1. The number of benzene rings is 2. The fourth-order valence-electron chi connectivity index (χ4n) is 2.04. The van der Waals surface area contributed by atoms with Crippen molar-refractivity contribution in [2.24, 2.45) is 5.73 Å². The van der Waals surface area contributed by atoms with Crippen LogP contribution >= 0.6 is 0 Å². The number of ether oxygens (including phenoxy) is 1. The van der Waals surface area contributed by atoms with Gasteiger partial charge < -0.3 is 15.8 Å². The van der Waals surface area contributed by atoms with E-state index in [4.69, 9.17) is 10.5 Å². The summed E-state index contributed by atoms with van der Waals surface area (Å²) >= 11 is 0. The van der Waals surface area contributed by atoms with E-state index in [1.54, 1.807) is 0 Å². The van der Waals surface area contributed by atoms with E-state index in [0.717, 1.165) is 11.6 Å². The van der Waals surface area contributed by atoms with Gasteiger partial charge in [-0.2, -0.15) is 0 Å². The molecule has 0 aliphatic heterocycles. The molecule has 3 N–H and O–H groups in total. The van der Waals surface area contributed by atoms with Gasteiger partial charge in [0, 0.05) is 18.6 Å². The predicted molar refractivity (Wildman–Crippen MR) is 86.7 cm³/mol. The van der Waals surface area contributed by atoms with Gasteiger partial charge in [-0.05, 0) is 11.6 Å². The quantitative estimate of drug-likeness (QED) is 0.621. The number of nitrogens with zero attached hydrogens (tertiary/aromatic N) is 1. The van der Waals surface area contributed by atoms with E-state index in [-0.39, 0.29) is 23.6 Å². The summed E-state index contributed by atoms with van der Waals surface area (Å²) in [5.41, 5.74) is 5.35. The molecule has 0 heterocycles. The molecule has 0 radical (unpaired) electrons. The minimum atomic E-state index is -0.836. The molecule has 0 aliphatic carbocycles. The molecule has 0 saturated carbocycles. The zero-order chi connectivity index (χ0) is 17.7. The topological polar surface area (TPSA) is 125 Å². The molecule has 0 unspecified atom stereocenters. The van der Waals surface area contributed by atoms with Crippen LogP contribution in [0.1, 0.15) is 22.8 Å². The summed E-state index contributed by atoms with van der Waals surface area (Å²) in [7, 11) is 0. The van der Waals surface area contributed by atoms with Gasteiger partial charge in [0.2, 0.25) is 11.8 Å². The number of nitro groups is 1. The Morgan fingerprint density at radius 2 is 1.92 bits per heavy atom. The van der Waals surface area contributed by atoms with Crippen molar-refractivity contribution >= 4 is 23.2 Å². The highest BCUT2D eigenvalue weighted by Gasteiger charge is 2.23. The third-order valence-corrected chi connectivity index (χ3v) is 3.10. The second-order valence-electron chi connectivity index (χ2n) is 4.95. The Balaban J connectivity index is 2.46. The third-order valence-electron chi connectivity index (χ3n) is 3.10. The molecular formula is C16H15N3O5. The number of carbonyl (C=O) groups is 2. The lowest BCUT2D eigenvalue weighted by atomic mass is 10.1. The highest BCUT2D eigenvalue weighted by molar-refractivity contribution is 5.99. The molecule has 2 rings (SSSR count). The molecular weight excluding hydrogens is 314 g/mol. The first-order valence-corrected chi connectivity index (χ1v) is 6.95. The van der Waals surface area contributed by atoms with E-state index < -0.39 is 22.4 Å². The van der Waals surface area contributed by atoms with Crippen molar-refractivity contribution in [1.29, 1.82) is 0 Å². The molecule has 2 aromatic rings.